The third kappa shape index (κ3) is 0.877. The Balaban J connectivity index is 1.66. The molecule has 0 radical (unpaired) electrons. The zero-order valence-corrected chi connectivity index (χ0v) is 9.27. The average Bonchev–Trinajstić information content (AvgIpc) is 2.99. The van der Waals surface area contributed by atoms with E-state index in [0.717, 1.165) is 28.6 Å². The van der Waals surface area contributed by atoms with E-state index in [1.807, 2.05) is 0 Å². The van der Waals surface area contributed by atoms with Gasteiger partial charge in [0.15, 0.2) is 0 Å². The average molecular weight is 178 g/mol. The van der Waals surface area contributed by atoms with Crippen LogP contribution in [0.3, 0.4) is 0 Å². The molecule has 74 valence electrons. The summed E-state index contributed by atoms with van der Waals surface area (Å²) in [7, 11) is 0. The largest absolute Gasteiger partial charge is 0.0651 e. The number of hydrogen-bond donors (Lipinski definition) is 0. The van der Waals surface area contributed by atoms with Crippen molar-refractivity contribution in [2.24, 2.45) is 28.6 Å². The molecular weight excluding hydrogens is 156 g/mol. The number of hydrogen-bond acceptors (Lipinski definition) is 0. The van der Waals surface area contributed by atoms with Gasteiger partial charge in [-0.15, -0.1) is 0 Å². The van der Waals surface area contributed by atoms with E-state index in [1.165, 1.54) is 12.8 Å². The van der Waals surface area contributed by atoms with Crippen LogP contribution in [0.15, 0.2) is 0 Å². The highest BCUT2D eigenvalue weighted by atomic mass is 14.8. The molecule has 3 rings (SSSR count). The highest BCUT2D eigenvalue weighted by Gasteiger charge is 2.77. The lowest BCUT2D eigenvalue weighted by Gasteiger charge is -2.09. The van der Waals surface area contributed by atoms with Gasteiger partial charge in [0.2, 0.25) is 0 Å². The molecule has 0 heteroatoms. The summed E-state index contributed by atoms with van der Waals surface area (Å²) in [6, 6.07) is 0. The van der Waals surface area contributed by atoms with Crippen molar-refractivity contribution < 1.29 is 0 Å². The molecule has 0 saturated heterocycles. The van der Waals surface area contributed by atoms with Crippen molar-refractivity contribution in [3.8, 4) is 0 Å². The van der Waals surface area contributed by atoms with Gasteiger partial charge in [-0.2, -0.15) is 0 Å². The Bertz CT molecular complexity index is 244. The monoisotopic (exact) mass is 178 g/mol. The molecule has 0 aromatic carbocycles. The smallest absolute Gasteiger partial charge is 0.0229 e. The molecule has 3 saturated carbocycles. The molecule has 0 nitrogen and oxygen atoms in total. The maximum atomic E-state index is 2.56. The second-order valence-electron chi connectivity index (χ2n) is 6.11. The summed E-state index contributed by atoms with van der Waals surface area (Å²) in [6.07, 6.45) is 7.61. The van der Waals surface area contributed by atoms with E-state index in [9.17, 15) is 0 Å². The topological polar surface area (TPSA) is 0 Å². The Morgan fingerprint density at radius 3 is 2.15 bits per heavy atom. The van der Waals surface area contributed by atoms with Crippen LogP contribution >= 0.6 is 0 Å². The summed E-state index contributed by atoms with van der Waals surface area (Å²) >= 11 is 0. The summed E-state index contributed by atoms with van der Waals surface area (Å²) in [4.78, 5) is 0. The van der Waals surface area contributed by atoms with Gasteiger partial charge in [-0.1, -0.05) is 33.6 Å². The highest BCUT2D eigenvalue weighted by molar-refractivity contribution is 5.25. The van der Waals surface area contributed by atoms with E-state index in [4.69, 9.17) is 0 Å². The van der Waals surface area contributed by atoms with Crippen LogP contribution < -0.4 is 0 Å². The van der Waals surface area contributed by atoms with Crippen molar-refractivity contribution in [2.75, 3.05) is 0 Å². The molecule has 0 amide bonds. The third-order valence-corrected chi connectivity index (χ3v) is 5.64. The Morgan fingerprint density at radius 2 is 1.69 bits per heavy atom. The first-order valence-corrected chi connectivity index (χ1v) is 6.17. The Hall–Kier alpha value is 0. The summed E-state index contributed by atoms with van der Waals surface area (Å²) in [5, 5.41) is 0. The van der Waals surface area contributed by atoms with Crippen LogP contribution in [0, 0.1) is 28.6 Å². The van der Waals surface area contributed by atoms with Crippen LogP contribution in [0.4, 0.5) is 0 Å². The van der Waals surface area contributed by atoms with E-state index < -0.39 is 0 Å². The van der Waals surface area contributed by atoms with Crippen LogP contribution in [-0.2, 0) is 0 Å². The Kier molecular flexibility index (Phi) is 1.37. The van der Waals surface area contributed by atoms with E-state index in [-0.39, 0.29) is 0 Å². The van der Waals surface area contributed by atoms with Gasteiger partial charge in [-0.05, 0) is 47.8 Å². The van der Waals surface area contributed by atoms with Crippen molar-refractivity contribution >= 4 is 0 Å². The van der Waals surface area contributed by atoms with Gasteiger partial charge in [-0.25, -0.2) is 0 Å². The van der Waals surface area contributed by atoms with Crippen molar-refractivity contribution in [3.05, 3.63) is 0 Å². The van der Waals surface area contributed by atoms with Crippen LogP contribution in [0.5, 0.6) is 0 Å². The SMILES string of the molecule is CCC1CC1(C)C1CC12CC2CC. The maximum Gasteiger partial charge on any atom is -0.0229 e. The lowest BCUT2D eigenvalue weighted by molar-refractivity contribution is 0.388. The molecular formula is C13H22. The van der Waals surface area contributed by atoms with Crippen molar-refractivity contribution in [1.82, 2.24) is 0 Å². The Labute approximate surface area is 82.1 Å². The second-order valence-corrected chi connectivity index (χ2v) is 6.11. The van der Waals surface area contributed by atoms with Crippen molar-refractivity contribution in [3.63, 3.8) is 0 Å². The minimum Gasteiger partial charge on any atom is -0.0651 e. The van der Waals surface area contributed by atoms with Crippen LogP contribution in [0.1, 0.15) is 52.9 Å². The fourth-order valence-electron chi connectivity index (χ4n) is 4.35. The van der Waals surface area contributed by atoms with Gasteiger partial charge in [0, 0.05) is 0 Å². The zero-order valence-electron chi connectivity index (χ0n) is 9.27. The maximum absolute atomic E-state index is 2.56. The third-order valence-electron chi connectivity index (χ3n) is 5.64. The number of rotatable bonds is 3. The molecule has 0 bridgehead atoms. The van der Waals surface area contributed by atoms with E-state index in [0.29, 0.717) is 0 Å². The lowest BCUT2D eigenvalue weighted by Crippen LogP contribution is -2.03. The summed E-state index contributed by atoms with van der Waals surface area (Å²) < 4.78 is 0. The van der Waals surface area contributed by atoms with E-state index in [1.54, 1.807) is 19.3 Å². The normalized spacial score (nSPS) is 62.5. The van der Waals surface area contributed by atoms with E-state index in [2.05, 4.69) is 20.8 Å². The van der Waals surface area contributed by atoms with Gasteiger partial charge in [0.1, 0.15) is 0 Å². The summed E-state index contributed by atoms with van der Waals surface area (Å²) in [6.45, 7) is 7.31. The molecule has 0 aromatic rings. The molecule has 0 N–H and O–H groups in total. The van der Waals surface area contributed by atoms with Crippen LogP contribution in [0.25, 0.3) is 0 Å². The molecule has 3 aliphatic rings. The molecule has 0 aromatic heterocycles. The summed E-state index contributed by atoms with van der Waals surface area (Å²) in [5.41, 5.74) is 1.71. The first-order valence-electron chi connectivity index (χ1n) is 6.17. The second kappa shape index (κ2) is 2.15. The highest BCUT2D eigenvalue weighted by Crippen LogP contribution is 2.84. The molecule has 5 atom stereocenters. The van der Waals surface area contributed by atoms with Gasteiger partial charge in [-0.3, -0.25) is 0 Å². The molecule has 13 heavy (non-hydrogen) atoms. The van der Waals surface area contributed by atoms with Gasteiger partial charge >= 0.3 is 0 Å². The standard InChI is InChI=1S/C13H22/c1-4-9-6-12(9,3)11-8-13(11)7-10(13)5-2/h9-11H,4-8H2,1-3H3. The van der Waals surface area contributed by atoms with Crippen molar-refractivity contribution in [2.45, 2.75) is 52.9 Å². The first kappa shape index (κ1) is 8.32. The predicted octanol–water partition coefficient (Wildman–Crippen LogP) is 3.86. The minimum absolute atomic E-state index is 0.804. The van der Waals surface area contributed by atoms with Crippen LogP contribution in [-0.4, -0.2) is 0 Å². The summed E-state index contributed by atoms with van der Waals surface area (Å²) in [5.74, 6) is 3.37. The zero-order chi connectivity index (χ0) is 9.27. The van der Waals surface area contributed by atoms with Crippen LogP contribution in [0.2, 0.25) is 0 Å². The quantitative estimate of drug-likeness (QED) is 0.615. The predicted molar refractivity (Wildman–Crippen MR) is 55.4 cm³/mol. The van der Waals surface area contributed by atoms with Crippen molar-refractivity contribution in [1.29, 1.82) is 0 Å². The molecule has 5 unspecified atom stereocenters. The van der Waals surface area contributed by atoms with Gasteiger partial charge in [0.05, 0.1) is 0 Å². The fourth-order valence-corrected chi connectivity index (χ4v) is 4.35. The molecule has 3 fully saturated rings. The van der Waals surface area contributed by atoms with Gasteiger partial charge < -0.3 is 0 Å². The molecule has 1 spiro atoms. The molecule has 0 heterocycles. The minimum atomic E-state index is 0.804. The molecule has 3 aliphatic carbocycles. The van der Waals surface area contributed by atoms with E-state index >= 15 is 0 Å². The first-order chi connectivity index (χ1) is 6.17. The van der Waals surface area contributed by atoms with Gasteiger partial charge in [0.25, 0.3) is 0 Å². The fraction of sp³-hybridized carbons (Fsp3) is 1.00. The Morgan fingerprint density at radius 1 is 1.00 bits per heavy atom. The lowest BCUT2D eigenvalue weighted by atomic mass is 9.95. The molecule has 0 aliphatic heterocycles.